The van der Waals surface area contributed by atoms with Crippen LogP contribution in [-0.2, 0) is 10.3 Å². The normalized spacial score (nSPS) is 11.5. The van der Waals surface area contributed by atoms with Crippen LogP contribution in [0.1, 0.15) is 11.1 Å². The average molecular weight is 276 g/mol. The fraction of sp³-hybridized carbons (Fsp3) is 0.100. The minimum atomic E-state index is -0.692. The number of benzene rings is 2. The molecule has 2 rings (SSSR count). The summed E-state index contributed by atoms with van der Waals surface area (Å²) in [6.07, 6.45) is 5.56. The van der Waals surface area contributed by atoms with Gasteiger partial charge in [-0.1, -0.05) is 92.0 Å². The van der Waals surface area contributed by atoms with Gasteiger partial charge in [-0.25, -0.2) is 0 Å². The predicted octanol–water partition coefficient (Wildman–Crippen LogP) is 4.88. The van der Waals surface area contributed by atoms with E-state index in [1.165, 1.54) is 0 Å². The van der Waals surface area contributed by atoms with E-state index in [9.17, 15) is 0 Å². The third-order valence-electron chi connectivity index (χ3n) is 3.55. The van der Waals surface area contributed by atoms with E-state index in [-0.39, 0.29) is 0 Å². The van der Waals surface area contributed by atoms with Gasteiger partial charge in [0.1, 0.15) is 5.60 Å². The Bertz CT molecular complexity index is 584. The Morgan fingerprint density at radius 2 is 1.43 bits per heavy atom. The highest BCUT2D eigenvalue weighted by Gasteiger charge is 2.36. The van der Waals surface area contributed by atoms with Crippen molar-refractivity contribution in [3.63, 3.8) is 0 Å². The highest BCUT2D eigenvalue weighted by Crippen LogP contribution is 2.39. The van der Waals surface area contributed by atoms with E-state index in [4.69, 9.17) is 4.74 Å². The summed E-state index contributed by atoms with van der Waals surface area (Å²) in [5, 5.41) is 0. The molecule has 0 bridgehead atoms. The van der Waals surface area contributed by atoms with Crippen LogP contribution in [0.25, 0.3) is 0 Å². The fourth-order valence-corrected chi connectivity index (χ4v) is 2.55. The van der Waals surface area contributed by atoms with Crippen molar-refractivity contribution in [2.75, 3.05) is 7.11 Å². The Morgan fingerprint density at radius 3 is 1.81 bits per heavy atom. The highest BCUT2D eigenvalue weighted by molar-refractivity contribution is 5.48. The van der Waals surface area contributed by atoms with E-state index < -0.39 is 5.60 Å². The van der Waals surface area contributed by atoms with E-state index in [1.807, 2.05) is 48.6 Å². The van der Waals surface area contributed by atoms with Crippen LogP contribution >= 0.6 is 0 Å². The van der Waals surface area contributed by atoms with E-state index in [0.717, 1.165) is 16.7 Å². The summed E-state index contributed by atoms with van der Waals surface area (Å²) in [6, 6.07) is 20.3. The number of allylic oxidation sites excluding steroid dienone is 2. The smallest absolute Gasteiger partial charge is 0.142 e. The van der Waals surface area contributed by atoms with Crippen LogP contribution in [0.15, 0.2) is 97.6 Å². The molecule has 1 nitrogen and oxygen atoms in total. The zero-order valence-corrected chi connectivity index (χ0v) is 12.3. The molecule has 0 aromatic heterocycles. The van der Waals surface area contributed by atoms with Crippen molar-refractivity contribution in [3.05, 3.63) is 109 Å². The van der Waals surface area contributed by atoms with Crippen LogP contribution in [0, 0.1) is 0 Å². The van der Waals surface area contributed by atoms with E-state index in [1.54, 1.807) is 13.2 Å². The van der Waals surface area contributed by atoms with Gasteiger partial charge in [0.25, 0.3) is 0 Å². The van der Waals surface area contributed by atoms with Crippen molar-refractivity contribution in [3.8, 4) is 0 Å². The lowest BCUT2D eigenvalue weighted by Crippen LogP contribution is -2.31. The van der Waals surface area contributed by atoms with Gasteiger partial charge in [-0.05, 0) is 16.7 Å². The topological polar surface area (TPSA) is 9.23 Å². The number of ether oxygens (including phenoxy) is 1. The molecule has 0 saturated heterocycles. The molecule has 0 aliphatic carbocycles. The van der Waals surface area contributed by atoms with Crippen LogP contribution < -0.4 is 0 Å². The lowest BCUT2D eigenvalue weighted by Gasteiger charge is -2.34. The molecule has 0 heterocycles. The van der Waals surface area contributed by atoms with Gasteiger partial charge in [0, 0.05) is 7.11 Å². The van der Waals surface area contributed by atoms with E-state index >= 15 is 0 Å². The van der Waals surface area contributed by atoms with Crippen molar-refractivity contribution < 1.29 is 4.74 Å². The van der Waals surface area contributed by atoms with Gasteiger partial charge >= 0.3 is 0 Å². The monoisotopic (exact) mass is 276 g/mol. The molecule has 0 fully saturated rings. The number of hydrogen-bond acceptors (Lipinski definition) is 1. The Morgan fingerprint density at radius 1 is 0.952 bits per heavy atom. The lowest BCUT2D eigenvalue weighted by molar-refractivity contribution is 0.0583. The maximum Gasteiger partial charge on any atom is 0.142 e. The summed E-state index contributed by atoms with van der Waals surface area (Å²) in [5.41, 5.74) is 2.28. The fourth-order valence-electron chi connectivity index (χ4n) is 2.55. The van der Waals surface area contributed by atoms with Crippen LogP contribution in [0.3, 0.4) is 0 Å². The first-order chi connectivity index (χ1) is 10.3. The summed E-state index contributed by atoms with van der Waals surface area (Å²) >= 11 is 0. The Balaban J connectivity index is 2.65. The second-order valence-corrected chi connectivity index (χ2v) is 4.74. The van der Waals surface area contributed by atoms with Crippen LogP contribution in [0.5, 0.6) is 0 Å². The van der Waals surface area contributed by atoms with Crippen LogP contribution in [0.4, 0.5) is 0 Å². The van der Waals surface area contributed by atoms with E-state index in [2.05, 4.69) is 37.4 Å². The molecule has 0 aliphatic rings. The summed E-state index contributed by atoms with van der Waals surface area (Å²) < 4.78 is 5.98. The van der Waals surface area contributed by atoms with Gasteiger partial charge in [0.15, 0.2) is 0 Å². The number of methoxy groups -OCH3 is 1. The molecule has 106 valence electrons. The molecule has 0 atom stereocenters. The highest BCUT2D eigenvalue weighted by atomic mass is 16.5. The Kier molecular flexibility index (Phi) is 4.91. The maximum atomic E-state index is 5.98. The minimum Gasteiger partial charge on any atom is -0.364 e. The molecule has 0 spiro atoms. The third kappa shape index (κ3) is 2.88. The molecule has 0 N–H and O–H groups in total. The van der Waals surface area contributed by atoms with Crippen molar-refractivity contribution in [1.29, 1.82) is 0 Å². The standard InChI is InChI=1S/C20H20O/c1-4-5-12-17(2)20(21-3,18-13-8-6-9-14-18)19-15-10-7-11-16-19/h4-16H,1-2H2,3H3. The molecule has 21 heavy (non-hydrogen) atoms. The summed E-state index contributed by atoms with van der Waals surface area (Å²) in [4.78, 5) is 0. The minimum absolute atomic E-state index is 0.692. The molecular weight excluding hydrogens is 256 g/mol. The van der Waals surface area contributed by atoms with Gasteiger partial charge in [-0.3, -0.25) is 0 Å². The molecule has 2 aromatic rings. The lowest BCUT2D eigenvalue weighted by atomic mass is 9.80. The maximum absolute atomic E-state index is 5.98. The zero-order chi connectivity index (χ0) is 15.1. The van der Waals surface area contributed by atoms with Crippen LogP contribution in [0.2, 0.25) is 0 Å². The number of hydrogen-bond donors (Lipinski definition) is 0. The van der Waals surface area contributed by atoms with Crippen molar-refractivity contribution in [1.82, 2.24) is 0 Å². The van der Waals surface area contributed by atoms with Gasteiger partial charge in [-0.15, -0.1) is 0 Å². The second kappa shape index (κ2) is 6.87. The molecule has 0 saturated carbocycles. The number of rotatable bonds is 6. The Hall–Kier alpha value is -2.38. The first kappa shape index (κ1) is 15.0. The SMILES string of the molecule is C=CC=CC(=C)C(OC)(c1ccccc1)c1ccccc1. The molecular formula is C20H20O. The quantitative estimate of drug-likeness (QED) is 0.684. The van der Waals surface area contributed by atoms with Crippen molar-refractivity contribution in [2.45, 2.75) is 5.60 Å². The third-order valence-corrected chi connectivity index (χ3v) is 3.55. The van der Waals surface area contributed by atoms with Gasteiger partial charge < -0.3 is 4.74 Å². The largest absolute Gasteiger partial charge is 0.364 e. The first-order valence-corrected chi connectivity index (χ1v) is 6.90. The molecule has 0 amide bonds. The van der Waals surface area contributed by atoms with Crippen molar-refractivity contribution >= 4 is 0 Å². The second-order valence-electron chi connectivity index (χ2n) is 4.74. The predicted molar refractivity (Wildman–Crippen MR) is 89.2 cm³/mol. The summed E-state index contributed by atoms with van der Waals surface area (Å²) in [7, 11) is 1.72. The average Bonchev–Trinajstić information content (AvgIpc) is 2.56. The van der Waals surface area contributed by atoms with Gasteiger partial charge in [-0.2, -0.15) is 0 Å². The summed E-state index contributed by atoms with van der Waals surface area (Å²) in [6.45, 7) is 7.95. The molecule has 0 radical (unpaired) electrons. The van der Waals surface area contributed by atoms with Gasteiger partial charge in [0.05, 0.1) is 0 Å². The Labute approximate surface area is 126 Å². The molecule has 2 aromatic carbocycles. The zero-order valence-electron chi connectivity index (χ0n) is 12.3. The van der Waals surface area contributed by atoms with E-state index in [0.29, 0.717) is 0 Å². The van der Waals surface area contributed by atoms with Gasteiger partial charge in [0.2, 0.25) is 0 Å². The first-order valence-electron chi connectivity index (χ1n) is 6.90. The molecule has 0 unspecified atom stereocenters. The van der Waals surface area contributed by atoms with Crippen molar-refractivity contribution in [2.24, 2.45) is 0 Å². The summed E-state index contributed by atoms with van der Waals surface area (Å²) in [5.74, 6) is 0. The van der Waals surface area contributed by atoms with Crippen LogP contribution in [-0.4, -0.2) is 7.11 Å². The molecule has 0 aliphatic heterocycles. The molecule has 1 heteroatoms.